The quantitative estimate of drug-likeness (QED) is 0.634. The number of rotatable bonds is 4. The van der Waals surface area contributed by atoms with Gasteiger partial charge in [0.15, 0.2) is 0 Å². The molecule has 1 N–H and O–H groups in total. The molecular formula is C17H23N3O4. The molecule has 1 aliphatic rings. The normalized spacial score (nSPS) is 14.2. The third-order valence-electron chi connectivity index (χ3n) is 3.95. The van der Waals surface area contributed by atoms with Gasteiger partial charge < -0.3 is 19.9 Å². The average Bonchev–Trinajstić information content (AvgIpc) is 2.60. The largest absolute Gasteiger partial charge is 0.459 e. The first-order valence-corrected chi connectivity index (χ1v) is 8.06. The zero-order valence-electron chi connectivity index (χ0n) is 14.1. The molecule has 0 radical (unpaired) electrons. The maximum absolute atomic E-state index is 12.1. The summed E-state index contributed by atoms with van der Waals surface area (Å²) in [6, 6.07) is 8.15. The lowest BCUT2D eigenvalue weighted by atomic mass is 10.1. The number of piperazine rings is 1. The number of benzene rings is 1. The van der Waals surface area contributed by atoms with E-state index in [1.807, 2.05) is 12.1 Å². The molecule has 7 nitrogen and oxygen atoms in total. The summed E-state index contributed by atoms with van der Waals surface area (Å²) < 4.78 is 4.57. The molecule has 1 saturated heterocycles. The van der Waals surface area contributed by atoms with Crippen LogP contribution in [0.5, 0.6) is 0 Å². The Kier molecular flexibility index (Phi) is 6.17. The minimum Gasteiger partial charge on any atom is -0.459 e. The van der Waals surface area contributed by atoms with E-state index in [2.05, 4.69) is 34.0 Å². The Morgan fingerprint density at radius 1 is 1.12 bits per heavy atom. The van der Waals surface area contributed by atoms with Gasteiger partial charge in [0.2, 0.25) is 5.91 Å². The Hall–Kier alpha value is -2.57. The second kappa shape index (κ2) is 8.33. The molecule has 7 heteroatoms. The van der Waals surface area contributed by atoms with Gasteiger partial charge in [-0.05, 0) is 25.5 Å². The first kappa shape index (κ1) is 17.8. The van der Waals surface area contributed by atoms with Crippen molar-refractivity contribution in [2.24, 2.45) is 0 Å². The number of ether oxygens (including phenoxy) is 1. The van der Waals surface area contributed by atoms with Crippen molar-refractivity contribution in [3.05, 3.63) is 29.8 Å². The summed E-state index contributed by atoms with van der Waals surface area (Å²) in [6.45, 7) is 6.26. The van der Waals surface area contributed by atoms with Crippen LogP contribution >= 0.6 is 0 Å². The molecule has 0 atom stereocenters. The van der Waals surface area contributed by atoms with Gasteiger partial charge in [-0.3, -0.25) is 9.59 Å². The molecule has 1 aliphatic heterocycles. The van der Waals surface area contributed by atoms with E-state index >= 15 is 0 Å². The van der Waals surface area contributed by atoms with Crippen molar-refractivity contribution in [3.63, 3.8) is 0 Å². The Bertz CT molecular complexity index is 610. The molecule has 0 unspecified atom stereocenters. The highest BCUT2D eigenvalue weighted by molar-refractivity contribution is 6.32. The lowest BCUT2D eigenvalue weighted by molar-refractivity contribution is -0.154. The standard InChI is InChI=1S/C17H23N3O4/c1-3-24-17(23)16(22)18-12-15(21)20-10-8-19(9-11-20)14-7-5-4-6-13(14)2/h4-7H,3,8-12H2,1-2H3,(H,18,22). The number of nitrogens with one attached hydrogen (secondary N) is 1. The summed E-state index contributed by atoms with van der Waals surface area (Å²) in [6.07, 6.45) is 0. The minimum atomic E-state index is -0.963. The van der Waals surface area contributed by atoms with E-state index < -0.39 is 11.9 Å². The van der Waals surface area contributed by atoms with Crippen LogP contribution in [0.2, 0.25) is 0 Å². The number of para-hydroxylation sites is 1. The van der Waals surface area contributed by atoms with Crippen molar-refractivity contribution in [1.29, 1.82) is 0 Å². The van der Waals surface area contributed by atoms with Gasteiger partial charge in [-0.15, -0.1) is 0 Å². The molecule has 0 saturated carbocycles. The number of anilines is 1. The van der Waals surface area contributed by atoms with Gasteiger partial charge in [-0.2, -0.15) is 0 Å². The van der Waals surface area contributed by atoms with Crippen LogP contribution in [0, 0.1) is 6.92 Å². The molecule has 0 aliphatic carbocycles. The van der Waals surface area contributed by atoms with E-state index in [0.717, 1.165) is 13.1 Å². The Morgan fingerprint density at radius 2 is 1.79 bits per heavy atom. The number of nitrogens with zero attached hydrogens (tertiary/aromatic N) is 2. The van der Waals surface area contributed by atoms with E-state index in [9.17, 15) is 14.4 Å². The predicted molar refractivity (Wildman–Crippen MR) is 89.6 cm³/mol. The zero-order valence-corrected chi connectivity index (χ0v) is 14.1. The van der Waals surface area contributed by atoms with E-state index in [-0.39, 0.29) is 19.1 Å². The van der Waals surface area contributed by atoms with E-state index in [0.29, 0.717) is 13.1 Å². The van der Waals surface area contributed by atoms with Gasteiger partial charge in [0, 0.05) is 31.9 Å². The van der Waals surface area contributed by atoms with Crippen molar-refractivity contribution >= 4 is 23.5 Å². The summed E-state index contributed by atoms with van der Waals surface area (Å²) in [5.41, 5.74) is 2.39. The van der Waals surface area contributed by atoms with Crippen LogP contribution in [0.25, 0.3) is 0 Å². The summed E-state index contributed by atoms with van der Waals surface area (Å²) in [4.78, 5) is 38.7. The number of carbonyl (C=O) groups excluding carboxylic acids is 3. The van der Waals surface area contributed by atoms with Crippen LogP contribution in [0.3, 0.4) is 0 Å². The van der Waals surface area contributed by atoms with Crippen LogP contribution in [-0.2, 0) is 19.1 Å². The van der Waals surface area contributed by atoms with Crippen molar-refractivity contribution < 1.29 is 19.1 Å². The maximum Gasteiger partial charge on any atom is 0.396 e. The van der Waals surface area contributed by atoms with Crippen molar-refractivity contribution in [2.75, 3.05) is 44.2 Å². The Morgan fingerprint density at radius 3 is 2.42 bits per heavy atom. The molecule has 130 valence electrons. The SMILES string of the molecule is CCOC(=O)C(=O)NCC(=O)N1CCN(c2ccccc2C)CC1. The van der Waals surface area contributed by atoms with Crippen molar-refractivity contribution in [1.82, 2.24) is 10.2 Å². The number of aryl methyl sites for hydroxylation is 1. The molecule has 2 amide bonds. The fourth-order valence-electron chi connectivity index (χ4n) is 2.65. The second-order valence-electron chi connectivity index (χ2n) is 5.56. The fourth-order valence-corrected chi connectivity index (χ4v) is 2.65. The first-order valence-electron chi connectivity index (χ1n) is 8.06. The molecular weight excluding hydrogens is 310 g/mol. The van der Waals surface area contributed by atoms with Gasteiger partial charge in [-0.1, -0.05) is 18.2 Å². The summed E-state index contributed by atoms with van der Waals surface area (Å²) >= 11 is 0. The van der Waals surface area contributed by atoms with Crippen LogP contribution in [0.4, 0.5) is 5.69 Å². The number of hydrogen-bond acceptors (Lipinski definition) is 5. The molecule has 24 heavy (non-hydrogen) atoms. The van der Waals surface area contributed by atoms with E-state index in [1.54, 1.807) is 11.8 Å². The third-order valence-corrected chi connectivity index (χ3v) is 3.95. The number of amides is 2. The predicted octanol–water partition coefficient (Wildman–Crippen LogP) is 0.323. The molecule has 0 aromatic heterocycles. The molecule has 1 aromatic carbocycles. The highest BCUT2D eigenvalue weighted by Gasteiger charge is 2.23. The molecule has 2 rings (SSSR count). The van der Waals surface area contributed by atoms with Crippen molar-refractivity contribution in [2.45, 2.75) is 13.8 Å². The Balaban J connectivity index is 1.80. The fraction of sp³-hybridized carbons (Fsp3) is 0.471. The molecule has 0 bridgehead atoms. The van der Waals surface area contributed by atoms with E-state index in [4.69, 9.17) is 0 Å². The second-order valence-corrected chi connectivity index (χ2v) is 5.56. The van der Waals surface area contributed by atoms with Crippen LogP contribution in [-0.4, -0.2) is 62.0 Å². The molecule has 1 aromatic rings. The summed E-state index contributed by atoms with van der Waals surface area (Å²) in [5.74, 6) is -2.05. The minimum absolute atomic E-state index is 0.126. The smallest absolute Gasteiger partial charge is 0.396 e. The third kappa shape index (κ3) is 4.47. The van der Waals surface area contributed by atoms with Crippen molar-refractivity contribution in [3.8, 4) is 0 Å². The number of hydrogen-bond donors (Lipinski definition) is 1. The van der Waals surface area contributed by atoms with Crippen LogP contribution in [0.1, 0.15) is 12.5 Å². The lowest BCUT2D eigenvalue weighted by Crippen LogP contribution is -2.51. The monoisotopic (exact) mass is 333 g/mol. The van der Waals surface area contributed by atoms with Gasteiger partial charge in [-0.25, -0.2) is 4.79 Å². The van der Waals surface area contributed by atoms with Crippen LogP contribution < -0.4 is 10.2 Å². The summed E-state index contributed by atoms with van der Waals surface area (Å²) in [7, 11) is 0. The van der Waals surface area contributed by atoms with Crippen LogP contribution in [0.15, 0.2) is 24.3 Å². The lowest BCUT2D eigenvalue weighted by Gasteiger charge is -2.36. The molecule has 1 fully saturated rings. The number of esters is 1. The van der Waals surface area contributed by atoms with Gasteiger partial charge in [0.05, 0.1) is 13.2 Å². The highest BCUT2D eigenvalue weighted by Crippen LogP contribution is 2.20. The Labute approximate surface area is 141 Å². The summed E-state index contributed by atoms with van der Waals surface area (Å²) in [5, 5.41) is 2.30. The average molecular weight is 333 g/mol. The molecule has 1 heterocycles. The van der Waals surface area contributed by atoms with E-state index in [1.165, 1.54) is 11.3 Å². The van der Waals surface area contributed by atoms with Gasteiger partial charge in [0.1, 0.15) is 0 Å². The maximum atomic E-state index is 12.1. The molecule has 0 spiro atoms. The van der Waals surface area contributed by atoms with Gasteiger partial charge >= 0.3 is 11.9 Å². The highest BCUT2D eigenvalue weighted by atomic mass is 16.5. The topological polar surface area (TPSA) is 78.9 Å². The number of carbonyl (C=O) groups is 3. The zero-order chi connectivity index (χ0) is 17.5. The van der Waals surface area contributed by atoms with Gasteiger partial charge in [0.25, 0.3) is 0 Å². The first-order chi connectivity index (χ1) is 11.5.